The molecule has 0 fully saturated rings. The molecule has 18 heavy (non-hydrogen) atoms. The number of hydrogen-bond donors (Lipinski definition) is 1. The highest BCUT2D eigenvalue weighted by Gasteiger charge is 2.14. The van der Waals surface area contributed by atoms with Gasteiger partial charge < -0.3 is 10.2 Å². The molecule has 0 amide bonds. The maximum absolute atomic E-state index is 6.22. The van der Waals surface area contributed by atoms with Crippen LogP contribution in [0.15, 0.2) is 45.7 Å². The molecule has 1 atom stereocenters. The number of halogens is 1. The molecule has 2 aromatic rings. The molecule has 2 rings (SSSR count). The Bertz CT molecular complexity index is 501. The first-order valence-corrected chi connectivity index (χ1v) is 6.94. The van der Waals surface area contributed by atoms with Crippen molar-refractivity contribution in [2.24, 2.45) is 11.7 Å². The molecular formula is C15H18BrNO. The second-order valence-electron chi connectivity index (χ2n) is 4.97. The Morgan fingerprint density at radius 1 is 1.17 bits per heavy atom. The van der Waals surface area contributed by atoms with Gasteiger partial charge >= 0.3 is 0 Å². The first-order chi connectivity index (χ1) is 8.58. The summed E-state index contributed by atoms with van der Waals surface area (Å²) < 4.78 is 5.93. The third-order valence-corrected chi connectivity index (χ3v) is 3.61. The maximum atomic E-state index is 6.22. The molecule has 1 aromatic heterocycles. The molecule has 2 N–H and O–H groups in total. The molecule has 0 saturated carbocycles. The molecule has 96 valence electrons. The molecule has 0 saturated heterocycles. The van der Waals surface area contributed by atoms with Crippen molar-refractivity contribution in [3.8, 4) is 0 Å². The van der Waals surface area contributed by atoms with Crippen LogP contribution in [0.5, 0.6) is 0 Å². The maximum Gasteiger partial charge on any atom is 0.174 e. The minimum atomic E-state index is -0.147. The fourth-order valence-electron chi connectivity index (χ4n) is 2.04. The lowest BCUT2D eigenvalue weighted by molar-refractivity contribution is 0.534. The zero-order chi connectivity index (χ0) is 13.1. The van der Waals surface area contributed by atoms with Gasteiger partial charge in [0, 0.05) is 5.56 Å². The van der Waals surface area contributed by atoms with E-state index in [9.17, 15) is 0 Å². The van der Waals surface area contributed by atoms with E-state index < -0.39 is 0 Å². The molecule has 3 heteroatoms. The zero-order valence-electron chi connectivity index (χ0n) is 10.7. The number of furan rings is 1. The summed E-state index contributed by atoms with van der Waals surface area (Å²) in [6.07, 6.45) is 2.75. The van der Waals surface area contributed by atoms with Gasteiger partial charge in [0.05, 0.1) is 12.3 Å². The molecule has 0 radical (unpaired) electrons. The molecule has 0 spiro atoms. The van der Waals surface area contributed by atoms with Crippen LogP contribution in [0.3, 0.4) is 0 Å². The van der Waals surface area contributed by atoms with E-state index in [-0.39, 0.29) is 6.04 Å². The summed E-state index contributed by atoms with van der Waals surface area (Å²) in [6.45, 7) is 4.45. The molecule has 1 heterocycles. The van der Waals surface area contributed by atoms with Crippen LogP contribution in [0.4, 0.5) is 0 Å². The second-order valence-corrected chi connectivity index (χ2v) is 5.69. The van der Waals surface area contributed by atoms with Gasteiger partial charge in [0.2, 0.25) is 0 Å². The van der Waals surface area contributed by atoms with Crippen LogP contribution in [0.25, 0.3) is 0 Å². The van der Waals surface area contributed by atoms with E-state index >= 15 is 0 Å². The average Bonchev–Trinajstić information content (AvgIpc) is 2.75. The standard InChI is InChI=1S/C15H18BrNO/c1-10(2)9-11-3-5-12(6-4-11)14(17)13-7-8-18-15(13)16/h3-8,10,14H,9,17H2,1-2H3. The monoisotopic (exact) mass is 307 g/mol. The molecule has 1 unspecified atom stereocenters. The molecule has 0 aliphatic rings. The minimum absolute atomic E-state index is 0.147. The second kappa shape index (κ2) is 5.72. The molecule has 0 aliphatic heterocycles. The quantitative estimate of drug-likeness (QED) is 0.915. The van der Waals surface area contributed by atoms with Gasteiger partial charge in [0.1, 0.15) is 0 Å². The number of rotatable bonds is 4. The Balaban J connectivity index is 2.17. The highest BCUT2D eigenvalue weighted by Crippen LogP contribution is 2.27. The summed E-state index contributed by atoms with van der Waals surface area (Å²) in [5, 5.41) is 0. The summed E-state index contributed by atoms with van der Waals surface area (Å²) in [5.74, 6) is 0.674. The van der Waals surface area contributed by atoms with Gasteiger partial charge in [-0.25, -0.2) is 0 Å². The highest BCUT2D eigenvalue weighted by molar-refractivity contribution is 9.10. The third-order valence-electron chi connectivity index (χ3n) is 2.96. The van der Waals surface area contributed by atoms with Crippen LogP contribution in [-0.2, 0) is 6.42 Å². The summed E-state index contributed by atoms with van der Waals surface area (Å²) in [6, 6.07) is 10.3. The van der Waals surface area contributed by atoms with E-state index in [2.05, 4.69) is 54.0 Å². The Hall–Kier alpha value is -1.06. The summed E-state index contributed by atoms with van der Waals surface area (Å²) in [5.41, 5.74) is 9.66. The van der Waals surface area contributed by atoms with E-state index in [1.165, 1.54) is 5.56 Å². The fraction of sp³-hybridized carbons (Fsp3) is 0.333. The fourth-order valence-corrected chi connectivity index (χ4v) is 2.53. The lowest BCUT2D eigenvalue weighted by Gasteiger charge is -2.12. The Labute approximate surface area is 116 Å². The van der Waals surface area contributed by atoms with Crippen molar-refractivity contribution in [1.29, 1.82) is 0 Å². The molecule has 1 aromatic carbocycles. The average molecular weight is 308 g/mol. The van der Waals surface area contributed by atoms with Crippen LogP contribution < -0.4 is 5.73 Å². The van der Waals surface area contributed by atoms with Crippen molar-refractivity contribution in [2.45, 2.75) is 26.3 Å². The number of nitrogens with two attached hydrogens (primary N) is 1. The summed E-state index contributed by atoms with van der Waals surface area (Å²) in [7, 11) is 0. The Kier molecular flexibility index (Phi) is 4.25. The Morgan fingerprint density at radius 2 is 1.83 bits per heavy atom. The van der Waals surface area contributed by atoms with Crippen LogP contribution in [0.2, 0.25) is 0 Å². The molecule has 0 aliphatic carbocycles. The van der Waals surface area contributed by atoms with Crippen molar-refractivity contribution in [3.63, 3.8) is 0 Å². The van der Waals surface area contributed by atoms with Gasteiger partial charge in [-0.15, -0.1) is 0 Å². The Morgan fingerprint density at radius 3 is 2.33 bits per heavy atom. The van der Waals surface area contributed by atoms with E-state index in [1.807, 2.05) is 6.07 Å². The van der Waals surface area contributed by atoms with Crippen LogP contribution in [0, 0.1) is 5.92 Å². The predicted octanol–water partition coefficient (Wildman–Crippen LogP) is 4.29. The van der Waals surface area contributed by atoms with Gasteiger partial charge in [-0.05, 0) is 45.5 Å². The van der Waals surface area contributed by atoms with Gasteiger partial charge in [-0.3, -0.25) is 0 Å². The van der Waals surface area contributed by atoms with E-state index in [0.29, 0.717) is 10.6 Å². The van der Waals surface area contributed by atoms with Gasteiger partial charge in [-0.1, -0.05) is 38.1 Å². The highest BCUT2D eigenvalue weighted by atomic mass is 79.9. The molecular weight excluding hydrogens is 290 g/mol. The summed E-state index contributed by atoms with van der Waals surface area (Å²) >= 11 is 3.36. The number of hydrogen-bond acceptors (Lipinski definition) is 2. The lowest BCUT2D eigenvalue weighted by Crippen LogP contribution is -2.11. The number of benzene rings is 1. The van der Waals surface area contributed by atoms with Gasteiger partial charge in [0.25, 0.3) is 0 Å². The minimum Gasteiger partial charge on any atom is -0.457 e. The van der Waals surface area contributed by atoms with Gasteiger partial charge in [0.15, 0.2) is 4.67 Å². The van der Waals surface area contributed by atoms with E-state index in [1.54, 1.807) is 6.26 Å². The van der Waals surface area contributed by atoms with Crippen molar-refractivity contribution in [3.05, 3.63) is 58.0 Å². The molecule has 0 bridgehead atoms. The third kappa shape index (κ3) is 3.03. The predicted molar refractivity (Wildman–Crippen MR) is 77.4 cm³/mol. The smallest absolute Gasteiger partial charge is 0.174 e. The van der Waals surface area contributed by atoms with Crippen molar-refractivity contribution in [2.75, 3.05) is 0 Å². The van der Waals surface area contributed by atoms with Crippen LogP contribution >= 0.6 is 15.9 Å². The van der Waals surface area contributed by atoms with Crippen molar-refractivity contribution in [1.82, 2.24) is 0 Å². The normalized spacial score (nSPS) is 12.9. The topological polar surface area (TPSA) is 39.2 Å². The SMILES string of the molecule is CC(C)Cc1ccc(C(N)c2ccoc2Br)cc1. The van der Waals surface area contributed by atoms with Crippen LogP contribution in [0.1, 0.15) is 36.6 Å². The lowest BCUT2D eigenvalue weighted by atomic mass is 9.97. The summed E-state index contributed by atoms with van der Waals surface area (Å²) in [4.78, 5) is 0. The first-order valence-electron chi connectivity index (χ1n) is 6.15. The van der Waals surface area contributed by atoms with Crippen LogP contribution in [-0.4, -0.2) is 0 Å². The van der Waals surface area contributed by atoms with E-state index in [4.69, 9.17) is 10.2 Å². The van der Waals surface area contributed by atoms with Crippen molar-refractivity contribution < 1.29 is 4.42 Å². The first kappa shape index (κ1) is 13.4. The van der Waals surface area contributed by atoms with Gasteiger partial charge in [-0.2, -0.15) is 0 Å². The zero-order valence-corrected chi connectivity index (χ0v) is 12.3. The largest absolute Gasteiger partial charge is 0.457 e. The van der Waals surface area contributed by atoms with E-state index in [0.717, 1.165) is 17.5 Å². The molecule has 2 nitrogen and oxygen atoms in total. The van der Waals surface area contributed by atoms with Crippen molar-refractivity contribution >= 4 is 15.9 Å².